The first kappa shape index (κ1) is 9.87. The Kier molecular flexibility index (Phi) is 2.45. The second kappa shape index (κ2) is 3.48. The molecule has 14 heavy (non-hydrogen) atoms. The smallest absolute Gasteiger partial charge is 0.139 e. The lowest BCUT2D eigenvalue weighted by molar-refractivity contribution is 0.623. The summed E-state index contributed by atoms with van der Waals surface area (Å²) in [6.07, 6.45) is 0. The van der Waals surface area contributed by atoms with Crippen molar-refractivity contribution in [2.45, 2.75) is 6.92 Å². The number of fused-ring (bicyclic) bond motifs is 1. The van der Waals surface area contributed by atoms with E-state index >= 15 is 0 Å². The third-order valence-electron chi connectivity index (χ3n) is 1.99. The summed E-state index contributed by atoms with van der Waals surface area (Å²) in [7, 11) is 0. The molecule has 2 rings (SSSR count). The topological polar surface area (TPSA) is 12.9 Å². The first-order valence-electron chi connectivity index (χ1n) is 4.00. The first-order valence-corrected chi connectivity index (χ1v) is 5.17. The van der Waals surface area contributed by atoms with Crippen LogP contribution in [-0.4, -0.2) is 4.98 Å². The molecule has 0 radical (unpaired) electrons. The number of benzene rings is 1. The Balaban J connectivity index is 2.83. The highest BCUT2D eigenvalue weighted by Gasteiger charge is 2.05. The van der Waals surface area contributed by atoms with Gasteiger partial charge < -0.3 is 0 Å². The third kappa shape index (κ3) is 1.62. The highest BCUT2D eigenvalue weighted by molar-refractivity contribution is 9.10. The van der Waals surface area contributed by atoms with Gasteiger partial charge in [-0.3, -0.25) is 4.98 Å². The lowest BCUT2D eigenvalue weighted by Crippen LogP contribution is -1.87. The Morgan fingerprint density at radius 1 is 1.36 bits per heavy atom. The van der Waals surface area contributed by atoms with Crippen molar-refractivity contribution in [2.75, 3.05) is 0 Å². The number of pyridine rings is 1. The van der Waals surface area contributed by atoms with Crippen LogP contribution in [0.25, 0.3) is 10.9 Å². The minimum absolute atomic E-state index is 0.313. The molecule has 0 bridgehead atoms. The molecule has 1 aromatic heterocycles. The molecule has 1 heterocycles. The predicted octanol–water partition coefficient (Wildman–Crippen LogP) is 4.10. The molecule has 0 fully saturated rings. The molecule has 2 aromatic rings. The van der Waals surface area contributed by atoms with Crippen LogP contribution in [0.15, 0.2) is 22.7 Å². The number of hydrogen-bond donors (Lipinski definition) is 0. The maximum atomic E-state index is 13.2. The molecule has 0 spiro atoms. The first-order chi connectivity index (χ1) is 6.58. The van der Waals surface area contributed by atoms with Gasteiger partial charge in [-0.2, -0.15) is 0 Å². The molecule has 0 aliphatic rings. The van der Waals surface area contributed by atoms with E-state index in [1.165, 1.54) is 6.07 Å². The van der Waals surface area contributed by atoms with Crippen LogP contribution >= 0.6 is 27.5 Å². The van der Waals surface area contributed by atoms with Gasteiger partial charge in [-0.15, -0.1) is 0 Å². The average Bonchev–Trinajstić information content (AvgIpc) is 2.11. The monoisotopic (exact) mass is 273 g/mol. The standard InChI is InChI=1S/C10H6BrClFN/c1-5-8(12)3-6-2-7(11)9(13)4-10(6)14-5/h2-4H,1H3. The van der Waals surface area contributed by atoms with Crippen molar-refractivity contribution in [1.82, 2.24) is 4.98 Å². The van der Waals surface area contributed by atoms with Crippen LogP contribution in [0.3, 0.4) is 0 Å². The summed E-state index contributed by atoms with van der Waals surface area (Å²) < 4.78 is 13.6. The van der Waals surface area contributed by atoms with Gasteiger partial charge in [0.15, 0.2) is 0 Å². The van der Waals surface area contributed by atoms with Gasteiger partial charge in [0.1, 0.15) is 5.82 Å². The van der Waals surface area contributed by atoms with Crippen molar-refractivity contribution in [1.29, 1.82) is 0 Å². The molecule has 0 saturated carbocycles. The molecule has 4 heteroatoms. The fourth-order valence-electron chi connectivity index (χ4n) is 1.24. The zero-order chi connectivity index (χ0) is 10.3. The minimum Gasteiger partial charge on any atom is -0.251 e. The van der Waals surface area contributed by atoms with Gasteiger partial charge in [0, 0.05) is 11.5 Å². The number of aromatic nitrogens is 1. The van der Waals surface area contributed by atoms with Crippen LogP contribution in [0.4, 0.5) is 4.39 Å². The summed E-state index contributed by atoms with van der Waals surface area (Å²) in [4.78, 5) is 4.18. The number of hydrogen-bond acceptors (Lipinski definition) is 1. The van der Waals surface area contributed by atoms with E-state index in [1.807, 2.05) is 0 Å². The summed E-state index contributed by atoms with van der Waals surface area (Å²) in [5, 5.41) is 1.42. The van der Waals surface area contributed by atoms with E-state index in [9.17, 15) is 4.39 Å². The molecular formula is C10H6BrClFN. The predicted molar refractivity (Wildman–Crippen MR) is 59.1 cm³/mol. The lowest BCUT2D eigenvalue weighted by atomic mass is 10.2. The molecule has 1 nitrogen and oxygen atoms in total. The molecule has 0 atom stereocenters. The SMILES string of the molecule is Cc1nc2cc(F)c(Br)cc2cc1Cl. The maximum absolute atomic E-state index is 13.2. The average molecular weight is 275 g/mol. The summed E-state index contributed by atoms with van der Waals surface area (Å²) >= 11 is 9.02. The summed E-state index contributed by atoms with van der Waals surface area (Å²) in [6, 6.07) is 4.84. The Labute approximate surface area is 94.0 Å². The van der Waals surface area contributed by atoms with Crippen molar-refractivity contribution < 1.29 is 4.39 Å². The highest BCUT2D eigenvalue weighted by atomic mass is 79.9. The highest BCUT2D eigenvalue weighted by Crippen LogP contribution is 2.25. The fraction of sp³-hybridized carbons (Fsp3) is 0.100. The van der Waals surface area contributed by atoms with Crippen LogP contribution in [-0.2, 0) is 0 Å². The molecule has 0 aliphatic heterocycles. The lowest BCUT2D eigenvalue weighted by Gasteiger charge is -2.02. The molecule has 0 N–H and O–H groups in total. The van der Waals surface area contributed by atoms with Gasteiger partial charge in [0.25, 0.3) is 0 Å². The van der Waals surface area contributed by atoms with Gasteiger partial charge in [-0.25, -0.2) is 4.39 Å². The van der Waals surface area contributed by atoms with E-state index in [1.54, 1.807) is 19.1 Å². The van der Waals surface area contributed by atoms with Crippen molar-refractivity contribution in [3.63, 3.8) is 0 Å². The van der Waals surface area contributed by atoms with E-state index in [0.717, 1.165) is 5.39 Å². The van der Waals surface area contributed by atoms with Gasteiger partial charge in [0.05, 0.1) is 20.7 Å². The maximum Gasteiger partial charge on any atom is 0.139 e. The van der Waals surface area contributed by atoms with Gasteiger partial charge in [-0.1, -0.05) is 11.6 Å². The van der Waals surface area contributed by atoms with Crippen molar-refractivity contribution in [3.05, 3.63) is 39.2 Å². The van der Waals surface area contributed by atoms with E-state index in [2.05, 4.69) is 20.9 Å². The number of aryl methyl sites for hydroxylation is 1. The molecule has 0 amide bonds. The van der Waals surface area contributed by atoms with Crippen LogP contribution in [0.5, 0.6) is 0 Å². The molecule has 0 aliphatic carbocycles. The molecule has 0 unspecified atom stereocenters. The van der Waals surface area contributed by atoms with E-state index in [-0.39, 0.29) is 5.82 Å². The Hall–Kier alpha value is -0.670. The quantitative estimate of drug-likeness (QED) is 0.705. The molecule has 0 saturated heterocycles. The summed E-state index contributed by atoms with van der Waals surface area (Å²) in [5.41, 5.74) is 1.33. The largest absolute Gasteiger partial charge is 0.251 e. The van der Waals surface area contributed by atoms with Crippen molar-refractivity contribution in [2.24, 2.45) is 0 Å². The summed E-state index contributed by atoms with van der Waals surface area (Å²) in [6.45, 7) is 1.79. The van der Waals surface area contributed by atoms with Gasteiger partial charge in [0.2, 0.25) is 0 Å². The minimum atomic E-state index is -0.313. The fourth-order valence-corrected chi connectivity index (χ4v) is 1.76. The van der Waals surface area contributed by atoms with Crippen molar-refractivity contribution in [3.8, 4) is 0 Å². The normalized spacial score (nSPS) is 10.9. The number of rotatable bonds is 0. The number of nitrogens with zero attached hydrogens (tertiary/aromatic N) is 1. The van der Waals surface area contributed by atoms with Gasteiger partial charge in [-0.05, 0) is 35.0 Å². The zero-order valence-electron chi connectivity index (χ0n) is 7.31. The van der Waals surface area contributed by atoms with Gasteiger partial charge >= 0.3 is 0 Å². The van der Waals surface area contributed by atoms with E-state index in [0.29, 0.717) is 20.7 Å². The van der Waals surface area contributed by atoms with Crippen LogP contribution in [0.2, 0.25) is 5.02 Å². The summed E-state index contributed by atoms with van der Waals surface area (Å²) in [5.74, 6) is -0.313. The van der Waals surface area contributed by atoms with E-state index < -0.39 is 0 Å². The number of halogens is 3. The molecule has 1 aromatic carbocycles. The Morgan fingerprint density at radius 3 is 2.79 bits per heavy atom. The van der Waals surface area contributed by atoms with Crippen molar-refractivity contribution >= 4 is 38.4 Å². The second-order valence-corrected chi connectivity index (χ2v) is 4.28. The van der Waals surface area contributed by atoms with Crippen LogP contribution in [0.1, 0.15) is 5.69 Å². The molecular weight excluding hydrogens is 268 g/mol. The molecule has 72 valence electrons. The second-order valence-electron chi connectivity index (χ2n) is 3.01. The zero-order valence-corrected chi connectivity index (χ0v) is 9.66. The Morgan fingerprint density at radius 2 is 2.07 bits per heavy atom. The third-order valence-corrected chi connectivity index (χ3v) is 2.98. The van der Waals surface area contributed by atoms with E-state index in [4.69, 9.17) is 11.6 Å². The van der Waals surface area contributed by atoms with Crippen LogP contribution < -0.4 is 0 Å². The Bertz CT molecular complexity index is 424. The van der Waals surface area contributed by atoms with Crippen LogP contribution in [0, 0.1) is 12.7 Å².